The van der Waals surface area contributed by atoms with Crippen LogP contribution in [-0.2, 0) is 24.9 Å². The Labute approximate surface area is 249 Å². The molecule has 39 heavy (non-hydrogen) atoms. The number of ketones is 1. The largest absolute Gasteiger partial charge is 0.512 e. The number of para-hydroxylation sites is 3. The molecule has 0 amide bonds. The molecule has 0 spiro atoms. The maximum atomic E-state index is 10.0. The monoisotopic (exact) mass is 724 g/mol. The molecule has 1 aromatic heterocycles. The molecule has 7 rings (SSSR count). The Morgan fingerprint density at radius 3 is 2.15 bits per heavy atom. The van der Waals surface area contributed by atoms with Gasteiger partial charge >= 0.3 is 0 Å². The number of aromatic nitrogens is 1. The summed E-state index contributed by atoms with van der Waals surface area (Å²) >= 11 is 3.63. The van der Waals surface area contributed by atoms with Crippen molar-refractivity contribution in [2.24, 2.45) is 0 Å². The van der Waals surface area contributed by atoms with Gasteiger partial charge in [-0.15, -0.1) is 41.2 Å². The van der Waals surface area contributed by atoms with Crippen LogP contribution in [0.25, 0.3) is 22.2 Å². The van der Waals surface area contributed by atoms with Crippen molar-refractivity contribution in [1.82, 2.24) is 4.98 Å². The van der Waals surface area contributed by atoms with Gasteiger partial charge in [-0.05, 0) is 70.7 Å². The number of hydrogen-bond acceptors (Lipinski definition) is 6. The minimum atomic E-state index is -0.125. The van der Waals surface area contributed by atoms with Gasteiger partial charge in [0.15, 0.2) is 5.78 Å². The first kappa shape index (κ1) is 27.2. The molecule has 7 heteroatoms. The second-order valence-electron chi connectivity index (χ2n) is 8.99. The molecule has 3 heterocycles. The molecule has 0 saturated heterocycles. The number of aliphatic hydroxyl groups excluding tert-OH is 1. The molecule has 0 unspecified atom stereocenters. The maximum Gasteiger partial charge on any atom is 0.155 e. The average molecular weight is 724 g/mol. The molecular weight excluding hydrogens is 701 g/mol. The summed E-state index contributed by atoms with van der Waals surface area (Å²) in [6.07, 6.45) is 1.17. The van der Waals surface area contributed by atoms with Crippen molar-refractivity contribution >= 4 is 57.3 Å². The van der Waals surface area contributed by atoms with Gasteiger partial charge in [0, 0.05) is 36.0 Å². The van der Waals surface area contributed by atoms with Gasteiger partial charge in [0.25, 0.3) is 0 Å². The summed E-state index contributed by atoms with van der Waals surface area (Å²) in [5, 5.41) is 9.52. The van der Waals surface area contributed by atoms with Crippen molar-refractivity contribution in [1.29, 1.82) is 0 Å². The van der Waals surface area contributed by atoms with Crippen molar-refractivity contribution < 1.29 is 30.0 Å². The van der Waals surface area contributed by atoms with E-state index in [1.165, 1.54) is 51.7 Å². The summed E-state index contributed by atoms with van der Waals surface area (Å²) in [6.45, 7) is 2.85. The van der Waals surface area contributed by atoms with E-state index in [1.807, 2.05) is 17.8 Å². The standard InChI is InChI=1S/C27H15N2S2.C5H8O2.Ir/c1-2-8-19-17(7-1)13-14-20(28-19)18-15-25-27-26(16-18)31-24-12-6-4-10-22(24)29(27)21-9-3-5-11-23(21)30-25;1-4(6)3-5(2)7;/h1-15H;3,6H,1-2H3;/q-1;;/b;4-3-;. The SMILES string of the molecule is CC(=O)/C=C(/C)O.[Ir].[c-]1c(-c2ccc3ccccc3n2)cc2c3c1Sc1ccccc1N3c1ccccc1S2. The van der Waals surface area contributed by atoms with Crippen LogP contribution in [0.4, 0.5) is 17.1 Å². The number of anilines is 3. The average Bonchev–Trinajstić information content (AvgIpc) is 2.92. The van der Waals surface area contributed by atoms with E-state index in [9.17, 15) is 4.79 Å². The topological polar surface area (TPSA) is 53.4 Å². The van der Waals surface area contributed by atoms with Gasteiger partial charge in [0.05, 0.1) is 22.7 Å². The number of nitrogens with zero attached hydrogens (tertiary/aromatic N) is 2. The fourth-order valence-electron chi connectivity index (χ4n) is 4.60. The molecule has 2 aliphatic heterocycles. The number of rotatable bonds is 2. The third-order valence-corrected chi connectivity index (χ3v) is 8.29. The molecule has 0 bridgehead atoms. The number of carbonyl (C=O) groups excluding carboxylic acids is 1. The zero-order valence-electron chi connectivity index (χ0n) is 21.1. The Balaban J connectivity index is 0.000000345. The van der Waals surface area contributed by atoms with Crippen LogP contribution >= 0.6 is 23.5 Å². The molecule has 195 valence electrons. The quantitative estimate of drug-likeness (QED) is 0.109. The van der Waals surface area contributed by atoms with Gasteiger partial charge in [-0.1, -0.05) is 54.6 Å². The summed E-state index contributed by atoms with van der Waals surface area (Å²) in [5.41, 5.74) is 6.72. The van der Waals surface area contributed by atoms with Gasteiger partial charge in [0.2, 0.25) is 0 Å². The van der Waals surface area contributed by atoms with Crippen LogP contribution in [0, 0.1) is 6.07 Å². The van der Waals surface area contributed by atoms with Gasteiger partial charge in [-0.2, -0.15) is 0 Å². The summed E-state index contributed by atoms with van der Waals surface area (Å²) in [6, 6.07) is 35.7. The molecule has 1 N–H and O–H groups in total. The molecule has 5 aromatic rings. The van der Waals surface area contributed by atoms with Crippen molar-refractivity contribution in [3.8, 4) is 11.3 Å². The number of aliphatic hydroxyl groups is 1. The molecule has 0 fully saturated rings. The van der Waals surface area contributed by atoms with E-state index in [-0.39, 0.29) is 31.6 Å². The van der Waals surface area contributed by atoms with Crippen LogP contribution in [0.5, 0.6) is 0 Å². The van der Waals surface area contributed by atoms with Crippen LogP contribution < -0.4 is 4.90 Å². The van der Waals surface area contributed by atoms with Gasteiger partial charge in [-0.25, -0.2) is 0 Å². The normalized spacial score (nSPS) is 12.8. The first-order valence-electron chi connectivity index (χ1n) is 12.2. The Kier molecular flexibility index (Phi) is 7.96. The van der Waals surface area contributed by atoms with E-state index < -0.39 is 0 Å². The summed E-state index contributed by atoms with van der Waals surface area (Å²) in [7, 11) is 0. The zero-order valence-corrected chi connectivity index (χ0v) is 25.2. The minimum Gasteiger partial charge on any atom is -0.512 e. The number of allylic oxidation sites excluding steroid dienone is 2. The Hall–Kier alpha value is -3.35. The summed E-state index contributed by atoms with van der Waals surface area (Å²) in [5.74, 6) is -0.0625. The van der Waals surface area contributed by atoms with Crippen LogP contribution in [-0.4, -0.2) is 15.9 Å². The fourth-order valence-corrected chi connectivity index (χ4v) is 6.86. The van der Waals surface area contributed by atoms with Crippen molar-refractivity contribution in [3.63, 3.8) is 0 Å². The predicted molar refractivity (Wildman–Crippen MR) is 156 cm³/mol. The van der Waals surface area contributed by atoms with E-state index in [4.69, 9.17) is 10.1 Å². The van der Waals surface area contributed by atoms with Crippen LogP contribution in [0.3, 0.4) is 0 Å². The van der Waals surface area contributed by atoms with Crippen molar-refractivity contribution in [2.45, 2.75) is 33.4 Å². The van der Waals surface area contributed by atoms with Crippen molar-refractivity contribution in [3.05, 3.63) is 109 Å². The molecule has 4 aromatic carbocycles. The van der Waals surface area contributed by atoms with Gasteiger partial charge < -0.3 is 10.0 Å². The number of fused-ring (bicyclic) bond motifs is 5. The molecule has 1 radical (unpaired) electrons. The minimum absolute atomic E-state index is 0. The fraction of sp³-hybridized carbons (Fsp3) is 0.0625. The molecule has 0 atom stereocenters. The van der Waals surface area contributed by atoms with Gasteiger partial charge in [-0.3, -0.25) is 9.78 Å². The van der Waals surface area contributed by atoms with Gasteiger partial charge in [0.1, 0.15) is 0 Å². The molecule has 2 aliphatic rings. The predicted octanol–water partition coefficient (Wildman–Crippen LogP) is 9.14. The first-order chi connectivity index (χ1) is 18.5. The van der Waals surface area contributed by atoms with E-state index in [2.05, 4.69) is 95.9 Å². The van der Waals surface area contributed by atoms with E-state index in [0.29, 0.717) is 0 Å². The Bertz CT molecular complexity index is 1680. The second kappa shape index (κ2) is 11.4. The molecule has 4 nitrogen and oxygen atoms in total. The zero-order chi connectivity index (χ0) is 26.2. The summed E-state index contributed by atoms with van der Waals surface area (Å²) in [4.78, 5) is 22.3. The van der Waals surface area contributed by atoms with E-state index in [0.717, 1.165) is 27.1 Å². The maximum absolute atomic E-state index is 10.0. The third-order valence-electron chi connectivity index (χ3n) is 6.13. The molecule has 0 saturated carbocycles. The number of hydrogen-bond donors (Lipinski definition) is 1. The smallest absolute Gasteiger partial charge is 0.155 e. The third kappa shape index (κ3) is 5.41. The van der Waals surface area contributed by atoms with Crippen LogP contribution in [0.1, 0.15) is 13.8 Å². The van der Waals surface area contributed by atoms with E-state index >= 15 is 0 Å². The Morgan fingerprint density at radius 1 is 0.846 bits per heavy atom. The number of pyridine rings is 1. The second-order valence-corrected chi connectivity index (χ2v) is 11.1. The molecular formula is C32H23IrN2O2S2-. The first-order valence-corrected chi connectivity index (χ1v) is 13.8. The number of benzene rings is 4. The number of carbonyl (C=O) groups is 1. The Morgan fingerprint density at radius 2 is 1.49 bits per heavy atom. The van der Waals surface area contributed by atoms with Crippen LogP contribution in [0.2, 0.25) is 0 Å². The van der Waals surface area contributed by atoms with E-state index in [1.54, 1.807) is 11.8 Å². The van der Waals surface area contributed by atoms with Crippen molar-refractivity contribution in [2.75, 3.05) is 4.90 Å². The summed E-state index contributed by atoms with van der Waals surface area (Å²) < 4.78 is 0. The van der Waals surface area contributed by atoms with Crippen LogP contribution in [0.15, 0.2) is 122 Å². The molecule has 0 aliphatic carbocycles.